The highest BCUT2D eigenvalue weighted by molar-refractivity contribution is 5.96. The predicted molar refractivity (Wildman–Crippen MR) is 98.8 cm³/mol. The van der Waals surface area contributed by atoms with Crippen LogP contribution in [0.5, 0.6) is 0 Å². The van der Waals surface area contributed by atoms with Gasteiger partial charge < -0.3 is 19.5 Å². The van der Waals surface area contributed by atoms with E-state index in [1.54, 1.807) is 4.90 Å². The SMILES string of the molecule is Cc1cccc2c1CCN2C(=O)Cc1nc(N2CCOCC2)cc(=O)[nH]1. The molecule has 2 aliphatic heterocycles. The lowest BCUT2D eigenvalue weighted by Gasteiger charge is -2.27. The van der Waals surface area contributed by atoms with Gasteiger partial charge in [-0.15, -0.1) is 0 Å². The zero-order valence-electron chi connectivity index (χ0n) is 14.8. The Morgan fingerprint density at radius 3 is 2.88 bits per heavy atom. The summed E-state index contributed by atoms with van der Waals surface area (Å²) < 4.78 is 5.34. The lowest BCUT2D eigenvalue weighted by molar-refractivity contribution is -0.118. The van der Waals surface area contributed by atoms with Crippen molar-refractivity contribution < 1.29 is 9.53 Å². The van der Waals surface area contributed by atoms with E-state index in [4.69, 9.17) is 4.74 Å². The van der Waals surface area contributed by atoms with Crippen molar-refractivity contribution in [3.8, 4) is 0 Å². The van der Waals surface area contributed by atoms with Gasteiger partial charge in [0.1, 0.15) is 11.6 Å². The van der Waals surface area contributed by atoms with Crippen LogP contribution in [0.25, 0.3) is 0 Å². The predicted octanol–water partition coefficient (Wildman–Crippen LogP) is 1.05. The van der Waals surface area contributed by atoms with Crippen molar-refractivity contribution in [3.63, 3.8) is 0 Å². The third-order valence-corrected chi connectivity index (χ3v) is 4.99. The van der Waals surface area contributed by atoms with E-state index in [1.807, 2.05) is 17.0 Å². The van der Waals surface area contributed by atoms with Gasteiger partial charge in [0.05, 0.1) is 19.6 Å². The number of aromatic nitrogens is 2. The highest BCUT2D eigenvalue weighted by Gasteiger charge is 2.26. The molecule has 2 aliphatic rings. The Morgan fingerprint density at radius 1 is 1.27 bits per heavy atom. The number of anilines is 2. The standard InChI is InChI=1S/C19H22N4O3/c1-13-3-2-4-15-14(13)5-6-23(15)19(25)11-16-20-17(12-18(24)21-16)22-7-9-26-10-8-22/h2-4,12H,5-11H2,1H3,(H,20,21,24). The van der Waals surface area contributed by atoms with Crippen molar-refractivity contribution in [2.45, 2.75) is 19.8 Å². The van der Waals surface area contributed by atoms with Gasteiger partial charge in [0.25, 0.3) is 5.56 Å². The maximum absolute atomic E-state index is 12.8. The van der Waals surface area contributed by atoms with Gasteiger partial charge in [0.15, 0.2) is 0 Å². The number of morpholine rings is 1. The molecule has 0 radical (unpaired) electrons. The first kappa shape index (κ1) is 16.8. The van der Waals surface area contributed by atoms with Gasteiger partial charge in [-0.05, 0) is 30.5 Å². The summed E-state index contributed by atoms with van der Waals surface area (Å²) in [5, 5.41) is 0. The highest BCUT2D eigenvalue weighted by atomic mass is 16.5. The highest BCUT2D eigenvalue weighted by Crippen LogP contribution is 2.30. The summed E-state index contributed by atoms with van der Waals surface area (Å²) >= 11 is 0. The molecule has 2 aromatic rings. The molecule has 26 heavy (non-hydrogen) atoms. The van der Waals surface area contributed by atoms with Crippen LogP contribution in [0.4, 0.5) is 11.5 Å². The van der Waals surface area contributed by atoms with Crippen LogP contribution in [0.15, 0.2) is 29.1 Å². The summed E-state index contributed by atoms with van der Waals surface area (Å²) in [7, 11) is 0. The van der Waals surface area contributed by atoms with Crippen molar-refractivity contribution in [2.75, 3.05) is 42.6 Å². The third kappa shape index (κ3) is 3.22. The Kier molecular flexibility index (Phi) is 4.46. The summed E-state index contributed by atoms with van der Waals surface area (Å²) in [6.45, 7) is 5.37. The molecule has 0 bridgehead atoms. The number of nitrogens with zero attached hydrogens (tertiary/aromatic N) is 3. The van der Waals surface area contributed by atoms with Gasteiger partial charge in [0, 0.05) is 31.4 Å². The smallest absolute Gasteiger partial charge is 0.252 e. The molecular weight excluding hydrogens is 332 g/mol. The first-order valence-corrected chi connectivity index (χ1v) is 8.93. The molecule has 7 heteroatoms. The molecular formula is C19H22N4O3. The minimum Gasteiger partial charge on any atom is -0.378 e. The van der Waals surface area contributed by atoms with Crippen LogP contribution in [-0.4, -0.2) is 48.7 Å². The quantitative estimate of drug-likeness (QED) is 0.891. The molecule has 0 unspecified atom stereocenters. The number of H-pyrrole nitrogens is 1. The minimum atomic E-state index is -0.234. The summed E-state index contributed by atoms with van der Waals surface area (Å²) in [6.07, 6.45) is 0.951. The van der Waals surface area contributed by atoms with Crippen molar-refractivity contribution in [1.29, 1.82) is 0 Å². The van der Waals surface area contributed by atoms with Crippen molar-refractivity contribution in [1.82, 2.24) is 9.97 Å². The summed E-state index contributed by atoms with van der Waals surface area (Å²) in [6, 6.07) is 7.50. The minimum absolute atomic E-state index is 0.0448. The largest absolute Gasteiger partial charge is 0.378 e. The molecule has 4 rings (SSSR count). The summed E-state index contributed by atoms with van der Waals surface area (Å²) in [4.78, 5) is 35.9. The van der Waals surface area contributed by atoms with Crippen LogP contribution >= 0.6 is 0 Å². The number of rotatable bonds is 3. The summed E-state index contributed by atoms with van der Waals surface area (Å²) in [5.41, 5.74) is 3.17. The molecule has 1 fully saturated rings. The van der Waals surface area contributed by atoms with Crippen LogP contribution in [0.2, 0.25) is 0 Å². The first-order valence-electron chi connectivity index (χ1n) is 8.93. The molecule has 3 heterocycles. The molecule has 136 valence electrons. The second-order valence-corrected chi connectivity index (χ2v) is 6.69. The van der Waals surface area contributed by atoms with Crippen molar-refractivity contribution in [3.05, 3.63) is 51.6 Å². The van der Waals surface area contributed by atoms with Crippen LogP contribution in [0.1, 0.15) is 17.0 Å². The fourth-order valence-electron chi connectivity index (χ4n) is 3.64. The molecule has 1 N–H and O–H groups in total. The fraction of sp³-hybridized carbons (Fsp3) is 0.421. The Labute approximate surface area is 151 Å². The topological polar surface area (TPSA) is 78.5 Å². The molecule has 7 nitrogen and oxygen atoms in total. The van der Waals surface area contributed by atoms with Gasteiger partial charge in [-0.2, -0.15) is 0 Å². The van der Waals surface area contributed by atoms with Crippen LogP contribution in [0, 0.1) is 6.92 Å². The van der Waals surface area contributed by atoms with Gasteiger partial charge in [-0.25, -0.2) is 4.98 Å². The van der Waals surface area contributed by atoms with Crippen molar-refractivity contribution >= 4 is 17.4 Å². The molecule has 0 aliphatic carbocycles. The molecule has 0 spiro atoms. The maximum Gasteiger partial charge on any atom is 0.252 e. The van der Waals surface area contributed by atoms with E-state index in [0.29, 0.717) is 44.5 Å². The molecule has 1 aromatic heterocycles. The number of carbonyl (C=O) groups excluding carboxylic acids is 1. The normalized spacial score (nSPS) is 16.7. The van der Waals surface area contributed by atoms with Crippen LogP contribution in [0.3, 0.4) is 0 Å². The molecule has 1 aromatic carbocycles. The number of carbonyl (C=O) groups is 1. The number of aryl methyl sites for hydroxylation is 1. The number of ether oxygens (including phenoxy) is 1. The number of hydrogen-bond acceptors (Lipinski definition) is 5. The van der Waals surface area contributed by atoms with E-state index in [-0.39, 0.29) is 17.9 Å². The van der Waals surface area contributed by atoms with Gasteiger partial charge >= 0.3 is 0 Å². The average Bonchev–Trinajstić information content (AvgIpc) is 3.07. The lowest BCUT2D eigenvalue weighted by Crippen LogP contribution is -2.38. The van der Waals surface area contributed by atoms with E-state index in [9.17, 15) is 9.59 Å². The zero-order valence-corrected chi connectivity index (χ0v) is 14.8. The van der Waals surface area contributed by atoms with Crippen LogP contribution in [-0.2, 0) is 22.4 Å². The van der Waals surface area contributed by atoms with Gasteiger partial charge in [-0.1, -0.05) is 12.1 Å². The number of benzene rings is 1. The number of amides is 1. The monoisotopic (exact) mass is 354 g/mol. The zero-order chi connectivity index (χ0) is 18.1. The van der Waals surface area contributed by atoms with E-state index < -0.39 is 0 Å². The van der Waals surface area contributed by atoms with Crippen molar-refractivity contribution in [2.24, 2.45) is 0 Å². The Balaban J connectivity index is 1.55. The number of fused-ring (bicyclic) bond motifs is 1. The number of aromatic amines is 1. The van der Waals surface area contributed by atoms with E-state index >= 15 is 0 Å². The summed E-state index contributed by atoms with van der Waals surface area (Å²) in [5.74, 6) is 0.972. The molecule has 0 atom stereocenters. The van der Waals surface area contributed by atoms with E-state index in [2.05, 4.69) is 23.0 Å². The second-order valence-electron chi connectivity index (χ2n) is 6.69. The Hall–Kier alpha value is -2.67. The second kappa shape index (κ2) is 6.92. The fourth-order valence-corrected chi connectivity index (χ4v) is 3.64. The van der Waals surface area contributed by atoms with Crippen LogP contribution < -0.4 is 15.4 Å². The maximum atomic E-state index is 12.8. The Morgan fingerprint density at radius 2 is 2.08 bits per heavy atom. The number of hydrogen-bond donors (Lipinski definition) is 1. The van der Waals surface area contributed by atoms with Gasteiger partial charge in [-0.3, -0.25) is 9.59 Å². The number of nitrogens with one attached hydrogen (secondary N) is 1. The van der Waals surface area contributed by atoms with Gasteiger partial charge in [0.2, 0.25) is 5.91 Å². The molecule has 1 saturated heterocycles. The first-order chi connectivity index (χ1) is 12.6. The third-order valence-electron chi connectivity index (χ3n) is 4.99. The molecule has 1 amide bonds. The Bertz CT molecular complexity index is 887. The van der Waals surface area contributed by atoms with E-state index in [1.165, 1.54) is 17.2 Å². The van der Waals surface area contributed by atoms with E-state index in [0.717, 1.165) is 12.1 Å². The average molecular weight is 354 g/mol. The molecule has 0 saturated carbocycles. The lowest BCUT2D eigenvalue weighted by atomic mass is 10.1.